The summed E-state index contributed by atoms with van der Waals surface area (Å²) < 4.78 is 31.4. The number of aliphatic hydroxyl groups is 2. The predicted octanol–water partition coefficient (Wildman–Crippen LogP) is 31.4. The van der Waals surface area contributed by atoms with E-state index in [2.05, 4.69) is 124 Å². The Morgan fingerprint density at radius 2 is 0.904 bits per heavy atom. The van der Waals surface area contributed by atoms with Crippen molar-refractivity contribution in [2.75, 3.05) is 13.7 Å². The van der Waals surface area contributed by atoms with E-state index in [0.29, 0.717) is 45.0 Å². The Labute approximate surface area is 661 Å². The van der Waals surface area contributed by atoms with Crippen molar-refractivity contribution < 1.29 is 33.3 Å². The molecule has 0 saturated heterocycles. The molecule has 2 N–H and O–H groups in total. The number of carbonyl (C=O) groups is 2. The highest BCUT2D eigenvalue weighted by atomic mass is 79.9. The minimum Gasteiger partial charge on any atom is -0.465 e. The average molecular weight is 1570 g/mol. The van der Waals surface area contributed by atoms with Gasteiger partial charge in [-0.1, -0.05) is 347 Å². The lowest BCUT2D eigenvalue weighted by atomic mass is 9.80. The largest absolute Gasteiger partial charge is 0.465 e. The van der Waals surface area contributed by atoms with Gasteiger partial charge in [0.05, 0.1) is 38.6 Å². The Kier molecular flexibility index (Phi) is 70.9. The molecular formula is C93H146BrCl3F2O5. The van der Waals surface area contributed by atoms with Crippen molar-refractivity contribution in [3.63, 3.8) is 0 Å². The SMILES string of the molecule is CC.CC.CC.CC.CC.CC.CC.CCC(C)(Cl)c1ccccc1.CCC(C)(O)c1ccccc1.CCC(C)(c1ccccc1)C(F)F.CCC(C)c1cc(C(=O)CO)cc(C(=O)OC)c1.CCC(C)c1ccc(Cl)c(Cl)c1.CCC(C)c1cccc(Br)c1.CCC(C)c1cccc2c1CCCC2. The summed E-state index contributed by atoms with van der Waals surface area (Å²) in [4.78, 5) is 22.9. The van der Waals surface area contributed by atoms with Crippen LogP contribution in [-0.2, 0) is 33.5 Å². The van der Waals surface area contributed by atoms with E-state index in [1.807, 2.05) is 204 Å². The summed E-state index contributed by atoms with van der Waals surface area (Å²) in [5, 5.41) is 20.0. The van der Waals surface area contributed by atoms with Gasteiger partial charge in [-0.25, -0.2) is 13.6 Å². The van der Waals surface area contributed by atoms with Gasteiger partial charge in [0, 0.05) is 10.0 Å². The first-order valence-electron chi connectivity index (χ1n) is 39.2. The first kappa shape index (κ1) is 110. The highest BCUT2D eigenvalue weighted by Crippen LogP contribution is 2.35. The lowest BCUT2D eigenvalue weighted by Gasteiger charge is -2.27. The van der Waals surface area contributed by atoms with E-state index in [0.717, 1.165) is 42.7 Å². The molecule has 7 unspecified atom stereocenters. The molecule has 1 aliphatic carbocycles. The lowest BCUT2D eigenvalue weighted by molar-refractivity contribution is 0.0530. The normalized spacial score (nSPS) is 13.1. The van der Waals surface area contributed by atoms with E-state index in [9.17, 15) is 23.5 Å². The number of benzene rings is 7. The maximum atomic E-state index is 12.8. The fourth-order valence-electron chi connectivity index (χ4n) is 9.55. The Bertz CT molecular complexity index is 3060. The minimum atomic E-state index is -2.31. The summed E-state index contributed by atoms with van der Waals surface area (Å²) in [6.07, 6.45) is 9.74. The van der Waals surface area contributed by atoms with Crippen molar-refractivity contribution >= 4 is 62.5 Å². The van der Waals surface area contributed by atoms with Gasteiger partial charge < -0.3 is 14.9 Å². The van der Waals surface area contributed by atoms with Gasteiger partial charge in [-0.05, 0) is 201 Å². The van der Waals surface area contributed by atoms with Crippen molar-refractivity contribution in [1.29, 1.82) is 0 Å². The van der Waals surface area contributed by atoms with Crippen LogP contribution in [0, 0.1) is 0 Å². The molecule has 0 bridgehead atoms. The number of aliphatic hydroxyl groups excluding tert-OH is 1. The third-order valence-corrected chi connectivity index (χ3v) is 19.2. The number of methoxy groups -OCH3 is 1. The second kappa shape index (κ2) is 67.2. The van der Waals surface area contributed by atoms with Crippen molar-refractivity contribution in [3.05, 3.63) is 246 Å². The van der Waals surface area contributed by atoms with E-state index >= 15 is 0 Å². The minimum absolute atomic E-state index is 0.193. The van der Waals surface area contributed by atoms with Gasteiger partial charge in [0.2, 0.25) is 6.43 Å². The molecule has 590 valence electrons. The number of Topliss-reactive ketones (excluding diaryl/α,β-unsaturated/α-hetero) is 1. The van der Waals surface area contributed by atoms with E-state index in [4.69, 9.17) is 39.9 Å². The summed E-state index contributed by atoms with van der Waals surface area (Å²) in [6, 6.07) is 55.0. The number of alkyl halides is 3. The Hall–Kier alpha value is -5.19. The summed E-state index contributed by atoms with van der Waals surface area (Å²) >= 11 is 21.4. The molecule has 0 aliphatic heterocycles. The summed E-state index contributed by atoms with van der Waals surface area (Å²) in [6.45, 7) is 56.3. The molecule has 104 heavy (non-hydrogen) atoms. The number of halogens is 6. The van der Waals surface area contributed by atoms with Crippen LogP contribution in [0.1, 0.15) is 346 Å². The standard InChI is InChI=1S/C14H18O4.C14H20.C11H14F2.C10H13Br.C10H12Cl2.C10H13Cl.C10H14O.7C2H6/c1-4-9(2)10-5-11(13(16)8-15)7-12(6-10)14(17)18-3;1-3-11(2)13-10-6-8-12-7-4-5-9-14(12)13;1-3-11(2,10(12)13)9-7-5-4-6-8-9;1-3-8(2)9-5-4-6-10(11)7-9;1-3-7(2)8-4-5-9(11)10(12)6-8;2*1-3-10(2,11)9-7-5-4-6-8-9;7*1-2/h5-7,9,15H,4,8H2,1-3H3;6,8,10-11H,3-5,7,9H2,1-2H3;4-8,10H,3H2,1-2H3;4-8H,3H2,1-2H3;4-7H,3H2,1-2H3;4-8H,3H2,1-2H3;4-8,11H,3H2,1-2H3;7*1-2H3. The molecule has 0 spiro atoms. The molecule has 5 nitrogen and oxygen atoms in total. The number of fused-ring (bicyclic) bond motifs is 1. The van der Waals surface area contributed by atoms with Crippen LogP contribution in [0.4, 0.5) is 8.78 Å². The fraction of sp³-hybridized carbons (Fsp3) is 0.527. The molecule has 7 atom stereocenters. The maximum Gasteiger partial charge on any atom is 0.337 e. The molecule has 7 aromatic carbocycles. The highest BCUT2D eigenvalue weighted by molar-refractivity contribution is 9.10. The van der Waals surface area contributed by atoms with Crippen LogP contribution < -0.4 is 0 Å². The van der Waals surface area contributed by atoms with Gasteiger partial charge >= 0.3 is 5.97 Å². The van der Waals surface area contributed by atoms with E-state index in [-0.39, 0.29) is 10.8 Å². The van der Waals surface area contributed by atoms with Gasteiger partial charge in [-0.15, -0.1) is 11.6 Å². The van der Waals surface area contributed by atoms with Gasteiger partial charge in [-0.3, -0.25) is 4.79 Å². The van der Waals surface area contributed by atoms with Crippen molar-refractivity contribution in [1.82, 2.24) is 0 Å². The zero-order valence-electron chi connectivity index (χ0n) is 70.4. The number of rotatable bonds is 18. The molecule has 8 rings (SSSR count). The maximum absolute atomic E-state index is 12.8. The molecule has 0 radical (unpaired) electrons. The third-order valence-electron chi connectivity index (χ3n) is 17.5. The monoisotopic (exact) mass is 1560 g/mol. The first-order chi connectivity index (χ1) is 49.7. The number of aryl methyl sites for hydroxylation is 1. The van der Waals surface area contributed by atoms with Crippen LogP contribution in [0.5, 0.6) is 0 Å². The summed E-state index contributed by atoms with van der Waals surface area (Å²) in [5.41, 5.74) is 10.4. The lowest BCUT2D eigenvalue weighted by Crippen LogP contribution is -2.29. The van der Waals surface area contributed by atoms with Crippen LogP contribution >= 0.6 is 50.7 Å². The number of ether oxygens (including phenoxy) is 1. The van der Waals surface area contributed by atoms with E-state index in [1.54, 1.807) is 66.9 Å². The van der Waals surface area contributed by atoms with Gasteiger partial charge in [0.1, 0.15) is 6.61 Å². The van der Waals surface area contributed by atoms with Crippen LogP contribution in [0.25, 0.3) is 0 Å². The number of esters is 1. The summed E-state index contributed by atoms with van der Waals surface area (Å²) in [5.74, 6) is 1.33. The average Bonchev–Trinajstić information content (AvgIpc) is 0.829. The van der Waals surface area contributed by atoms with Crippen LogP contribution in [-0.4, -0.2) is 42.1 Å². The van der Waals surface area contributed by atoms with Crippen molar-refractivity contribution in [2.45, 2.75) is 310 Å². The zero-order chi connectivity index (χ0) is 81.6. The molecular weight excluding hydrogens is 1420 g/mol. The quantitative estimate of drug-likeness (QED) is 0.0508. The van der Waals surface area contributed by atoms with Gasteiger partial charge in [-0.2, -0.15) is 0 Å². The predicted molar refractivity (Wildman–Crippen MR) is 463 cm³/mol. The molecule has 0 fully saturated rings. The molecule has 0 heterocycles. The second-order valence-electron chi connectivity index (χ2n) is 23.9. The highest BCUT2D eigenvalue weighted by Gasteiger charge is 2.34. The van der Waals surface area contributed by atoms with E-state index in [1.165, 1.54) is 72.9 Å². The second-order valence-corrected chi connectivity index (χ2v) is 26.5. The van der Waals surface area contributed by atoms with Crippen molar-refractivity contribution in [3.8, 4) is 0 Å². The molecule has 0 amide bonds. The van der Waals surface area contributed by atoms with Crippen molar-refractivity contribution in [2.24, 2.45) is 0 Å². The topological polar surface area (TPSA) is 83.8 Å². The number of ketones is 1. The molecule has 11 heteroatoms. The molecule has 0 saturated carbocycles. The smallest absolute Gasteiger partial charge is 0.337 e. The number of carbonyl (C=O) groups excluding carboxylic acids is 2. The zero-order valence-corrected chi connectivity index (χ0v) is 74.3. The van der Waals surface area contributed by atoms with Gasteiger partial charge in [0.15, 0.2) is 5.78 Å². The molecule has 0 aromatic heterocycles. The number of hydrogen-bond donors (Lipinski definition) is 2. The van der Waals surface area contributed by atoms with Gasteiger partial charge in [0.25, 0.3) is 0 Å². The van der Waals surface area contributed by atoms with Crippen LogP contribution in [0.15, 0.2) is 174 Å². The Balaban J connectivity index is -0.000000263. The van der Waals surface area contributed by atoms with Crippen LogP contribution in [0.3, 0.4) is 0 Å². The van der Waals surface area contributed by atoms with E-state index < -0.39 is 35.8 Å². The molecule has 7 aromatic rings. The van der Waals surface area contributed by atoms with Crippen LogP contribution in [0.2, 0.25) is 10.0 Å². The molecule has 1 aliphatic rings. The fourth-order valence-corrected chi connectivity index (χ4v) is 10.4. The third kappa shape index (κ3) is 43.0. The Morgan fingerprint density at radius 3 is 1.31 bits per heavy atom. The summed E-state index contributed by atoms with van der Waals surface area (Å²) in [7, 11) is 1.30. The first-order valence-corrected chi connectivity index (χ1v) is 41.2. The Morgan fingerprint density at radius 1 is 0.481 bits per heavy atom. The number of hydrogen-bond acceptors (Lipinski definition) is 5.